The highest BCUT2D eigenvalue weighted by Gasteiger charge is 2.22. The van der Waals surface area contributed by atoms with Crippen molar-refractivity contribution in [2.45, 2.75) is 6.04 Å². The van der Waals surface area contributed by atoms with Crippen LogP contribution in [0.4, 0.5) is 0 Å². The number of nitrogens with zero attached hydrogens (tertiary/aromatic N) is 2. The predicted octanol–water partition coefficient (Wildman–Crippen LogP) is 0.829. The Labute approximate surface area is 108 Å². The third-order valence-electron chi connectivity index (χ3n) is 2.77. The van der Waals surface area contributed by atoms with Crippen LogP contribution in [0.25, 0.3) is 5.70 Å². The van der Waals surface area contributed by atoms with Crippen molar-refractivity contribution in [3.63, 3.8) is 0 Å². The van der Waals surface area contributed by atoms with E-state index in [1.54, 1.807) is 36.9 Å². The molecule has 0 spiro atoms. The van der Waals surface area contributed by atoms with Gasteiger partial charge in [0.05, 0.1) is 11.3 Å². The molecule has 0 aliphatic carbocycles. The van der Waals surface area contributed by atoms with Crippen LogP contribution in [-0.2, 0) is 4.79 Å². The van der Waals surface area contributed by atoms with E-state index in [4.69, 9.17) is 5.11 Å². The molecule has 4 N–H and O–H groups in total. The number of aromatic amines is 2. The molecule has 1 aliphatic rings. The van der Waals surface area contributed by atoms with E-state index >= 15 is 0 Å². The first-order chi connectivity index (χ1) is 9.24. The number of carbonyl (C=O) groups is 1. The zero-order valence-corrected chi connectivity index (χ0v) is 9.79. The van der Waals surface area contributed by atoms with Gasteiger partial charge in [0.2, 0.25) is 0 Å². The first-order valence-corrected chi connectivity index (χ1v) is 5.66. The molecule has 0 radical (unpaired) electrons. The van der Waals surface area contributed by atoms with Crippen LogP contribution < -0.4 is 5.32 Å². The average Bonchev–Trinajstić information content (AvgIpc) is 3.11. The van der Waals surface area contributed by atoms with Crippen molar-refractivity contribution in [2.24, 2.45) is 0 Å². The number of carboxylic acids is 1. The molecule has 0 saturated heterocycles. The molecule has 0 bridgehead atoms. The summed E-state index contributed by atoms with van der Waals surface area (Å²) in [6, 6.07) is -0.328. The maximum absolute atomic E-state index is 11.2. The van der Waals surface area contributed by atoms with Gasteiger partial charge in [0, 0.05) is 24.8 Å². The third-order valence-corrected chi connectivity index (χ3v) is 2.77. The number of aromatic nitrogens is 4. The quantitative estimate of drug-likeness (QED) is 0.651. The zero-order chi connectivity index (χ0) is 13.2. The van der Waals surface area contributed by atoms with Gasteiger partial charge in [-0.1, -0.05) is 0 Å². The highest BCUT2D eigenvalue weighted by atomic mass is 16.4. The summed E-state index contributed by atoms with van der Waals surface area (Å²) in [5.41, 5.74) is 0.817. The molecule has 7 nitrogen and oxygen atoms in total. The van der Waals surface area contributed by atoms with E-state index in [2.05, 4.69) is 25.3 Å². The van der Waals surface area contributed by atoms with E-state index in [-0.39, 0.29) is 11.6 Å². The zero-order valence-electron chi connectivity index (χ0n) is 9.79. The molecule has 7 heteroatoms. The van der Waals surface area contributed by atoms with Crippen LogP contribution in [0.5, 0.6) is 0 Å². The lowest BCUT2D eigenvalue weighted by molar-refractivity contribution is -0.132. The van der Waals surface area contributed by atoms with Crippen LogP contribution in [0.1, 0.15) is 17.7 Å². The summed E-state index contributed by atoms with van der Waals surface area (Å²) in [5.74, 6) is 0.251. The van der Waals surface area contributed by atoms with Gasteiger partial charge in [0.1, 0.15) is 11.9 Å². The number of nitrogens with one attached hydrogen (secondary N) is 3. The molecule has 2 aromatic heterocycles. The molecule has 0 aromatic carbocycles. The number of rotatable bonds is 3. The second-order valence-corrected chi connectivity index (χ2v) is 4.02. The number of H-pyrrole nitrogens is 2. The fourth-order valence-electron chi connectivity index (χ4n) is 1.91. The lowest BCUT2D eigenvalue weighted by atomic mass is 10.1. The SMILES string of the molecule is O=C(O)C1=CC(c2ncc[nH]2)NC(c2ncc[nH]2)=C1. The maximum atomic E-state index is 11.2. The molecule has 96 valence electrons. The number of hydrogen-bond acceptors (Lipinski definition) is 4. The van der Waals surface area contributed by atoms with Crippen molar-refractivity contribution in [3.8, 4) is 0 Å². The van der Waals surface area contributed by atoms with E-state index in [1.165, 1.54) is 0 Å². The Morgan fingerprint density at radius 3 is 2.63 bits per heavy atom. The summed E-state index contributed by atoms with van der Waals surface area (Å²) in [6.45, 7) is 0. The number of imidazole rings is 2. The highest BCUT2D eigenvalue weighted by molar-refractivity contribution is 5.93. The standard InChI is InChI=1S/C12H11N5O2/c18-12(19)7-5-8(10-13-1-2-14-10)17-9(6-7)11-15-3-4-16-11/h1-6,8,17H,(H,13,14)(H,15,16)(H,18,19). The summed E-state index contributed by atoms with van der Waals surface area (Å²) in [7, 11) is 0. The Hall–Kier alpha value is -2.83. The normalized spacial score (nSPS) is 18.4. The van der Waals surface area contributed by atoms with Crippen LogP contribution in [0, 0.1) is 0 Å². The van der Waals surface area contributed by atoms with Crippen molar-refractivity contribution in [1.82, 2.24) is 25.3 Å². The second kappa shape index (κ2) is 4.45. The van der Waals surface area contributed by atoms with E-state index in [1.807, 2.05) is 0 Å². The minimum absolute atomic E-state index is 0.201. The second-order valence-electron chi connectivity index (χ2n) is 4.02. The summed E-state index contributed by atoms with van der Waals surface area (Å²) in [6.07, 6.45) is 9.75. The van der Waals surface area contributed by atoms with E-state index in [9.17, 15) is 4.79 Å². The number of hydrogen-bond donors (Lipinski definition) is 4. The average molecular weight is 257 g/mol. The molecule has 1 unspecified atom stereocenters. The lowest BCUT2D eigenvalue weighted by Crippen LogP contribution is -2.25. The van der Waals surface area contributed by atoms with Crippen molar-refractivity contribution < 1.29 is 9.90 Å². The van der Waals surface area contributed by atoms with Gasteiger partial charge in [0.25, 0.3) is 0 Å². The molecular formula is C12H11N5O2. The van der Waals surface area contributed by atoms with Gasteiger partial charge < -0.3 is 20.4 Å². The van der Waals surface area contributed by atoms with Gasteiger partial charge >= 0.3 is 5.97 Å². The van der Waals surface area contributed by atoms with Crippen molar-refractivity contribution in [1.29, 1.82) is 0 Å². The molecule has 0 amide bonds. The summed E-state index contributed by atoms with van der Waals surface area (Å²) >= 11 is 0. The Balaban J connectivity index is 1.99. The molecule has 19 heavy (non-hydrogen) atoms. The molecule has 3 heterocycles. The summed E-state index contributed by atoms with van der Waals surface area (Å²) in [4.78, 5) is 25.3. The highest BCUT2D eigenvalue weighted by Crippen LogP contribution is 2.23. The Kier molecular flexibility index (Phi) is 2.64. The lowest BCUT2D eigenvalue weighted by Gasteiger charge is -2.20. The van der Waals surface area contributed by atoms with E-state index in [0.717, 1.165) is 0 Å². The summed E-state index contributed by atoms with van der Waals surface area (Å²) < 4.78 is 0. The molecular weight excluding hydrogens is 246 g/mol. The molecule has 1 atom stereocenters. The Morgan fingerprint density at radius 2 is 2.00 bits per heavy atom. The smallest absolute Gasteiger partial charge is 0.335 e. The molecule has 0 saturated carbocycles. The number of dihydropyridines is 1. The van der Waals surface area contributed by atoms with Gasteiger partial charge in [-0.05, 0) is 12.2 Å². The Morgan fingerprint density at radius 1 is 1.21 bits per heavy atom. The van der Waals surface area contributed by atoms with Gasteiger partial charge in [-0.15, -0.1) is 0 Å². The van der Waals surface area contributed by atoms with Crippen LogP contribution in [0.15, 0.2) is 42.5 Å². The van der Waals surface area contributed by atoms with Gasteiger partial charge in [-0.3, -0.25) is 0 Å². The number of carboxylic acid groups (broad SMARTS) is 1. The van der Waals surface area contributed by atoms with Gasteiger partial charge in [0.15, 0.2) is 5.82 Å². The van der Waals surface area contributed by atoms with E-state index in [0.29, 0.717) is 17.3 Å². The molecule has 1 aliphatic heterocycles. The van der Waals surface area contributed by atoms with Gasteiger partial charge in [-0.25, -0.2) is 14.8 Å². The monoisotopic (exact) mass is 257 g/mol. The van der Waals surface area contributed by atoms with Gasteiger partial charge in [-0.2, -0.15) is 0 Å². The maximum Gasteiger partial charge on any atom is 0.335 e. The van der Waals surface area contributed by atoms with Crippen molar-refractivity contribution >= 4 is 11.7 Å². The molecule has 3 rings (SSSR count). The first kappa shape index (κ1) is 11.3. The van der Waals surface area contributed by atoms with Crippen molar-refractivity contribution in [3.05, 3.63) is 54.2 Å². The van der Waals surface area contributed by atoms with Crippen LogP contribution in [0.3, 0.4) is 0 Å². The topological polar surface area (TPSA) is 107 Å². The van der Waals surface area contributed by atoms with Crippen LogP contribution in [0.2, 0.25) is 0 Å². The largest absolute Gasteiger partial charge is 0.478 e. The number of aliphatic carboxylic acids is 1. The predicted molar refractivity (Wildman–Crippen MR) is 66.7 cm³/mol. The minimum atomic E-state index is -0.984. The van der Waals surface area contributed by atoms with Crippen molar-refractivity contribution in [2.75, 3.05) is 0 Å². The fraction of sp³-hybridized carbons (Fsp3) is 0.0833. The minimum Gasteiger partial charge on any atom is -0.478 e. The van der Waals surface area contributed by atoms with E-state index < -0.39 is 5.97 Å². The van der Waals surface area contributed by atoms with Crippen LogP contribution in [-0.4, -0.2) is 31.0 Å². The first-order valence-electron chi connectivity index (χ1n) is 5.66. The summed E-state index contributed by atoms with van der Waals surface area (Å²) in [5, 5.41) is 12.3. The third kappa shape index (κ3) is 2.13. The van der Waals surface area contributed by atoms with Crippen LogP contribution >= 0.6 is 0 Å². The fourth-order valence-corrected chi connectivity index (χ4v) is 1.91. The Bertz CT molecular complexity index is 640. The molecule has 0 fully saturated rings. The molecule has 2 aromatic rings.